The summed E-state index contributed by atoms with van der Waals surface area (Å²) in [5, 5.41) is 0. The minimum Gasteiger partial charge on any atom is -0.459 e. The maximum absolute atomic E-state index is 15.4. The predicted octanol–water partition coefficient (Wildman–Crippen LogP) is 2.52. The number of aromatic nitrogens is 2. The number of hydrogen-bond acceptors (Lipinski definition) is 8. The van der Waals surface area contributed by atoms with E-state index in [0.717, 1.165) is 11.5 Å². The zero-order valence-corrected chi connectivity index (χ0v) is 18.2. The van der Waals surface area contributed by atoms with Crippen LogP contribution in [0.15, 0.2) is 71.7 Å². The van der Waals surface area contributed by atoms with Crippen LogP contribution < -0.4 is 11.4 Å². The first-order chi connectivity index (χ1) is 16.3. The minimum atomic E-state index is -1.93. The number of nitrogen functional groups attached to an aromatic ring is 1. The summed E-state index contributed by atoms with van der Waals surface area (Å²) >= 11 is 0. The standard InChI is InChI=1S/C24H22FN3O6/c1-14(29)33-20-18(13-32-23(30)16-10-6-3-7-11-16)34-22(19(20)25)28-12-17(21(26)27-24(28)31)15-8-4-2-5-9-15/h2-12,18-20,22H,13H2,1H3,(H2,26,27,31)/t18-,19-,20-,22-/m1/s1. The van der Waals surface area contributed by atoms with Crippen molar-refractivity contribution in [1.82, 2.24) is 9.55 Å². The Kier molecular flexibility index (Phi) is 6.69. The Labute approximate surface area is 193 Å². The molecule has 3 aromatic rings. The van der Waals surface area contributed by atoms with Crippen LogP contribution in [0.1, 0.15) is 23.5 Å². The number of anilines is 1. The molecular formula is C24H22FN3O6. The average molecular weight is 467 g/mol. The summed E-state index contributed by atoms with van der Waals surface area (Å²) in [6, 6.07) is 17.1. The normalized spacial score (nSPS) is 21.7. The third-order valence-electron chi connectivity index (χ3n) is 5.30. The summed E-state index contributed by atoms with van der Waals surface area (Å²) in [6.07, 6.45) is -4.62. The highest BCUT2D eigenvalue weighted by molar-refractivity contribution is 5.89. The van der Waals surface area contributed by atoms with E-state index in [1.54, 1.807) is 54.6 Å². The van der Waals surface area contributed by atoms with E-state index in [0.29, 0.717) is 16.7 Å². The molecule has 2 heterocycles. The van der Waals surface area contributed by atoms with Crippen LogP contribution in [0.3, 0.4) is 0 Å². The molecule has 0 unspecified atom stereocenters. The van der Waals surface area contributed by atoms with Gasteiger partial charge < -0.3 is 19.9 Å². The van der Waals surface area contributed by atoms with Crippen LogP contribution in [0.4, 0.5) is 10.2 Å². The Morgan fingerprint density at radius 1 is 1.12 bits per heavy atom. The zero-order valence-electron chi connectivity index (χ0n) is 18.2. The molecule has 0 radical (unpaired) electrons. The number of nitrogens with two attached hydrogens (primary N) is 1. The molecule has 9 nitrogen and oxygen atoms in total. The quantitative estimate of drug-likeness (QED) is 0.549. The van der Waals surface area contributed by atoms with Crippen LogP contribution in [0.25, 0.3) is 11.1 Å². The van der Waals surface area contributed by atoms with Crippen molar-refractivity contribution >= 4 is 17.8 Å². The van der Waals surface area contributed by atoms with E-state index >= 15 is 4.39 Å². The smallest absolute Gasteiger partial charge is 0.351 e. The Morgan fingerprint density at radius 3 is 2.41 bits per heavy atom. The summed E-state index contributed by atoms with van der Waals surface area (Å²) in [4.78, 5) is 40.3. The first kappa shape index (κ1) is 23.1. The van der Waals surface area contributed by atoms with E-state index in [9.17, 15) is 14.4 Å². The molecule has 1 aromatic heterocycles. The van der Waals surface area contributed by atoms with Crippen molar-refractivity contribution in [2.75, 3.05) is 12.3 Å². The van der Waals surface area contributed by atoms with Gasteiger partial charge in [-0.15, -0.1) is 0 Å². The monoisotopic (exact) mass is 467 g/mol. The van der Waals surface area contributed by atoms with E-state index < -0.39 is 48.8 Å². The van der Waals surface area contributed by atoms with E-state index in [-0.39, 0.29) is 5.82 Å². The highest BCUT2D eigenvalue weighted by Gasteiger charge is 2.49. The maximum Gasteiger partial charge on any atom is 0.351 e. The van der Waals surface area contributed by atoms with E-state index in [1.165, 1.54) is 6.20 Å². The summed E-state index contributed by atoms with van der Waals surface area (Å²) in [7, 11) is 0. The van der Waals surface area contributed by atoms with Gasteiger partial charge in [-0.2, -0.15) is 4.98 Å². The fourth-order valence-corrected chi connectivity index (χ4v) is 3.70. The lowest BCUT2D eigenvalue weighted by Crippen LogP contribution is -2.37. The molecular weight excluding hydrogens is 445 g/mol. The number of carbonyl (C=O) groups excluding carboxylic acids is 2. The van der Waals surface area contributed by atoms with Crippen LogP contribution in [0.5, 0.6) is 0 Å². The topological polar surface area (TPSA) is 123 Å². The van der Waals surface area contributed by atoms with Crippen molar-refractivity contribution in [2.45, 2.75) is 31.5 Å². The first-order valence-electron chi connectivity index (χ1n) is 10.5. The van der Waals surface area contributed by atoms with Crippen molar-refractivity contribution in [3.63, 3.8) is 0 Å². The van der Waals surface area contributed by atoms with Crippen LogP contribution in [0.2, 0.25) is 0 Å². The van der Waals surface area contributed by atoms with Crippen molar-refractivity contribution < 1.29 is 28.2 Å². The van der Waals surface area contributed by atoms with Gasteiger partial charge >= 0.3 is 17.6 Å². The van der Waals surface area contributed by atoms with Gasteiger partial charge in [-0.25, -0.2) is 14.0 Å². The number of benzene rings is 2. The molecule has 0 bridgehead atoms. The van der Waals surface area contributed by atoms with Crippen molar-refractivity contribution in [2.24, 2.45) is 0 Å². The molecule has 1 aliphatic heterocycles. The van der Waals surface area contributed by atoms with E-state index in [4.69, 9.17) is 19.9 Å². The molecule has 4 atom stereocenters. The third-order valence-corrected chi connectivity index (χ3v) is 5.30. The van der Waals surface area contributed by atoms with Gasteiger partial charge in [0.25, 0.3) is 0 Å². The van der Waals surface area contributed by atoms with Gasteiger partial charge in [-0.1, -0.05) is 48.5 Å². The fraction of sp³-hybridized carbons (Fsp3) is 0.250. The van der Waals surface area contributed by atoms with Crippen LogP contribution in [0, 0.1) is 0 Å². The summed E-state index contributed by atoms with van der Waals surface area (Å²) < 4.78 is 32.5. The fourth-order valence-electron chi connectivity index (χ4n) is 3.70. The van der Waals surface area contributed by atoms with E-state index in [2.05, 4.69) is 4.98 Å². The largest absolute Gasteiger partial charge is 0.459 e. The van der Waals surface area contributed by atoms with Gasteiger partial charge in [0.2, 0.25) is 0 Å². The van der Waals surface area contributed by atoms with Gasteiger partial charge in [-0.3, -0.25) is 9.36 Å². The number of rotatable bonds is 6. The molecule has 0 spiro atoms. The molecule has 1 saturated heterocycles. The highest BCUT2D eigenvalue weighted by atomic mass is 19.1. The zero-order chi connectivity index (χ0) is 24.2. The molecule has 1 fully saturated rings. The summed E-state index contributed by atoms with van der Waals surface area (Å²) in [5.41, 5.74) is 6.45. The van der Waals surface area contributed by atoms with Crippen molar-refractivity contribution in [3.05, 3.63) is 82.9 Å². The second-order valence-electron chi connectivity index (χ2n) is 7.64. The molecule has 4 rings (SSSR count). The minimum absolute atomic E-state index is 0.0225. The van der Waals surface area contributed by atoms with E-state index in [1.807, 2.05) is 6.07 Å². The second-order valence-corrected chi connectivity index (χ2v) is 7.64. The van der Waals surface area contributed by atoms with Gasteiger partial charge in [0.15, 0.2) is 18.5 Å². The van der Waals surface area contributed by atoms with Crippen molar-refractivity contribution in [1.29, 1.82) is 0 Å². The lowest BCUT2D eigenvalue weighted by atomic mass is 10.1. The number of hydrogen-bond donors (Lipinski definition) is 1. The molecule has 10 heteroatoms. The molecule has 2 aromatic carbocycles. The number of carbonyl (C=O) groups is 2. The SMILES string of the molecule is CC(=O)O[C@H]1[C@@H](F)[C@H](n2cc(-c3ccccc3)c(N)nc2=O)O[C@@H]1COC(=O)c1ccccc1. The predicted molar refractivity (Wildman–Crippen MR) is 119 cm³/mol. The molecule has 0 aliphatic carbocycles. The lowest BCUT2D eigenvalue weighted by molar-refractivity contribution is -0.152. The van der Waals surface area contributed by atoms with Crippen LogP contribution in [-0.4, -0.2) is 46.5 Å². The number of halogens is 1. The Hall–Kier alpha value is -4.05. The molecule has 176 valence electrons. The second kappa shape index (κ2) is 9.84. The Morgan fingerprint density at radius 2 is 1.76 bits per heavy atom. The third kappa shape index (κ3) is 4.81. The van der Waals surface area contributed by atoms with Gasteiger partial charge in [0.1, 0.15) is 18.5 Å². The molecule has 1 aliphatic rings. The Balaban J connectivity index is 1.61. The number of ether oxygens (including phenoxy) is 3. The molecule has 34 heavy (non-hydrogen) atoms. The van der Waals surface area contributed by atoms with Gasteiger partial charge in [-0.05, 0) is 17.7 Å². The number of alkyl halides is 1. The van der Waals surface area contributed by atoms with Gasteiger partial charge in [0.05, 0.1) is 5.56 Å². The number of esters is 2. The van der Waals surface area contributed by atoms with Crippen molar-refractivity contribution in [3.8, 4) is 11.1 Å². The highest BCUT2D eigenvalue weighted by Crippen LogP contribution is 2.35. The summed E-state index contributed by atoms with van der Waals surface area (Å²) in [6.45, 7) is 0.725. The first-order valence-corrected chi connectivity index (χ1v) is 10.5. The van der Waals surface area contributed by atoms with Crippen LogP contribution >= 0.6 is 0 Å². The molecule has 0 amide bonds. The van der Waals surface area contributed by atoms with Gasteiger partial charge in [0, 0.05) is 18.7 Å². The maximum atomic E-state index is 15.4. The molecule has 0 saturated carbocycles. The lowest BCUT2D eigenvalue weighted by Gasteiger charge is -2.18. The Bertz CT molecular complexity index is 1230. The summed E-state index contributed by atoms with van der Waals surface area (Å²) in [5.74, 6) is -1.42. The molecule has 2 N–H and O–H groups in total. The van der Waals surface area contributed by atoms with Crippen LogP contribution in [-0.2, 0) is 19.0 Å². The average Bonchev–Trinajstić information content (AvgIpc) is 3.13. The number of nitrogens with zero attached hydrogens (tertiary/aromatic N) is 2.